The molecule has 2 aliphatic rings. The molecule has 1 unspecified atom stereocenters. The van der Waals surface area contributed by atoms with E-state index in [9.17, 15) is 13.7 Å². The second-order valence-corrected chi connectivity index (χ2v) is 10.1. The summed E-state index contributed by atoms with van der Waals surface area (Å²) >= 11 is 0. The van der Waals surface area contributed by atoms with E-state index < -0.39 is 10.0 Å². The molecule has 5 rings (SSSR count). The van der Waals surface area contributed by atoms with Crippen molar-refractivity contribution in [2.24, 2.45) is 0 Å². The summed E-state index contributed by atoms with van der Waals surface area (Å²) in [5, 5.41) is 12.5. The molecule has 3 heterocycles. The first-order valence-electron chi connectivity index (χ1n) is 11.0. The highest BCUT2D eigenvalue weighted by Gasteiger charge is 2.28. The van der Waals surface area contributed by atoms with Gasteiger partial charge in [0, 0.05) is 31.8 Å². The quantitative estimate of drug-likeness (QED) is 0.594. The fourth-order valence-electron chi connectivity index (χ4n) is 4.24. The van der Waals surface area contributed by atoms with E-state index in [2.05, 4.69) is 10.3 Å². The maximum atomic E-state index is 13.2. The standard InChI is InChI=1S/C24H24N4O4S/c25-14-22-24(26-15-20-6-3-13-31-20)32-23(27-22)18-7-9-21(10-8-18)33(29,30)28-12-11-17-4-1-2-5-19(17)16-28/h1-2,4-5,7-10,20,26H,3,6,11-13,15-16H2. The highest BCUT2D eigenvalue weighted by molar-refractivity contribution is 7.89. The summed E-state index contributed by atoms with van der Waals surface area (Å²) < 4.78 is 39.2. The second kappa shape index (κ2) is 8.98. The Labute approximate surface area is 192 Å². The van der Waals surface area contributed by atoms with Gasteiger partial charge >= 0.3 is 0 Å². The Morgan fingerprint density at radius 3 is 2.67 bits per heavy atom. The zero-order valence-corrected chi connectivity index (χ0v) is 18.8. The van der Waals surface area contributed by atoms with Crippen molar-refractivity contribution in [3.05, 3.63) is 65.4 Å². The van der Waals surface area contributed by atoms with Crippen LogP contribution >= 0.6 is 0 Å². The minimum atomic E-state index is -3.63. The molecule has 9 heteroatoms. The van der Waals surface area contributed by atoms with Gasteiger partial charge in [-0.3, -0.25) is 0 Å². The molecule has 0 amide bonds. The molecule has 1 atom stereocenters. The topological polar surface area (TPSA) is 108 Å². The Morgan fingerprint density at radius 1 is 1.15 bits per heavy atom. The van der Waals surface area contributed by atoms with Crippen LogP contribution < -0.4 is 5.32 Å². The van der Waals surface area contributed by atoms with Crippen LogP contribution in [0.15, 0.2) is 57.8 Å². The summed E-state index contributed by atoms with van der Waals surface area (Å²) in [6.07, 6.45) is 2.78. The predicted octanol–water partition coefficient (Wildman–Crippen LogP) is 3.55. The molecule has 2 aromatic carbocycles. The lowest BCUT2D eigenvalue weighted by Gasteiger charge is -2.28. The van der Waals surface area contributed by atoms with Gasteiger partial charge in [-0.1, -0.05) is 24.3 Å². The highest BCUT2D eigenvalue weighted by Crippen LogP contribution is 2.29. The van der Waals surface area contributed by atoms with Gasteiger partial charge in [0.15, 0.2) is 0 Å². The molecule has 1 aromatic heterocycles. The molecule has 1 saturated heterocycles. The Morgan fingerprint density at radius 2 is 1.94 bits per heavy atom. The monoisotopic (exact) mass is 464 g/mol. The molecule has 3 aromatic rings. The number of anilines is 1. The van der Waals surface area contributed by atoms with Crippen LogP contribution in [0.4, 0.5) is 5.88 Å². The Balaban J connectivity index is 1.33. The van der Waals surface area contributed by atoms with Gasteiger partial charge in [0.2, 0.25) is 27.5 Å². The van der Waals surface area contributed by atoms with Crippen molar-refractivity contribution in [1.82, 2.24) is 9.29 Å². The number of benzene rings is 2. The Kier molecular flexibility index (Phi) is 5.89. The van der Waals surface area contributed by atoms with Crippen LogP contribution in [-0.2, 0) is 27.7 Å². The summed E-state index contributed by atoms with van der Waals surface area (Å²) in [5.41, 5.74) is 2.99. The molecule has 33 heavy (non-hydrogen) atoms. The number of nitriles is 1. The maximum Gasteiger partial charge on any atom is 0.243 e. The molecule has 1 N–H and O–H groups in total. The number of oxazole rings is 1. The normalized spacial score (nSPS) is 18.6. The Hall–Kier alpha value is -3.19. The molecule has 0 spiro atoms. The van der Waals surface area contributed by atoms with E-state index in [1.54, 1.807) is 24.3 Å². The second-order valence-electron chi connectivity index (χ2n) is 8.21. The van der Waals surface area contributed by atoms with E-state index in [4.69, 9.17) is 9.15 Å². The number of nitrogens with zero attached hydrogens (tertiary/aromatic N) is 3. The minimum absolute atomic E-state index is 0.0938. The summed E-state index contributed by atoms with van der Waals surface area (Å²) in [6.45, 7) is 2.11. The van der Waals surface area contributed by atoms with Crippen LogP contribution in [-0.4, -0.2) is 43.5 Å². The van der Waals surface area contributed by atoms with Crippen molar-refractivity contribution in [2.75, 3.05) is 25.0 Å². The summed E-state index contributed by atoms with van der Waals surface area (Å²) in [7, 11) is -3.63. The average Bonchev–Trinajstić information content (AvgIpc) is 3.52. The number of ether oxygens (including phenoxy) is 1. The molecule has 8 nitrogen and oxygen atoms in total. The fraction of sp³-hybridized carbons (Fsp3) is 0.333. The molecular formula is C24H24N4O4S. The van der Waals surface area contributed by atoms with Crippen LogP contribution in [0.5, 0.6) is 0 Å². The maximum absolute atomic E-state index is 13.2. The van der Waals surface area contributed by atoms with Gasteiger partial charge < -0.3 is 14.5 Å². The number of aromatic nitrogens is 1. The number of nitrogens with one attached hydrogen (secondary N) is 1. The van der Waals surface area contributed by atoms with Crippen molar-refractivity contribution in [3.63, 3.8) is 0 Å². The van der Waals surface area contributed by atoms with Gasteiger partial charge in [-0.05, 0) is 54.7 Å². The molecule has 0 aliphatic carbocycles. The van der Waals surface area contributed by atoms with Crippen molar-refractivity contribution < 1.29 is 17.6 Å². The van der Waals surface area contributed by atoms with E-state index in [0.717, 1.165) is 25.0 Å². The SMILES string of the molecule is N#Cc1nc(-c2ccc(S(=O)(=O)N3CCc4ccccc4C3)cc2)oc1NCC1CCCO1. The fourth-order valence-corrected chi connectivity index (χ4v) is 5.66. The van der Waals surface area contributed by atoms with Crippen LogP contribution in [0.25, 0.3) is 11.5 Å². The van der Waals surface area contributed by atoms with E-state index >= 15 is 0 Å². The van der Waals surface area contributed by atoms with Crippen molar-refractivity contribution in [2.45, 2.75) is 36.8 Å². The molecule has 2 aliphatic heterocycles. The number of hydrogen-bond acceptors (Lipinski definition) is 7. The third-order valence-electron chi connectivity index (χ3n) is 6.08. The number of sulfonamides is 1. The minimum Gasteiger partial charge on any atom is -0.419 e. The van der Waals surface area contributed by atoms with Crippen molar-refractivity contribution in [3.8, 4) is 17.5 Å². The van der Waals surface area contributed by atoms with Gasteiger partial charge in [-0.2, -0.15) is 14.6 Å². The van der Waals surface area contributed by atoms with Crippen LogP contribution in [0.2, 0.25) is 0 Å². The van der Waals surface area contributed by atoms with E-state index in [1.807, 2.05) is 30.3 Å². The lowest BCUT2D eigenvalue weighted by Crippen LogP contribution is -2.35. The van der Waals surface area contributed by atoms with Crippen LogP contribution in [0, 0.1) is 11.3 Å². The summed E-state index contributed by atoms with van der Waals surface area (Å²) in [4.78, 5) is 4.48. The predicted molar refractivity (Wildman–Crippen MR) is 122 cm³/mol. The van der Waals surface area contributed by atoms with Crippen molar-refractivity contribution >= 4 is 15.9 Å². The zero-order chi connectivity index (χ0) is 22.8. The van der Waals surface area contributed by atoms with Gasteiger partial charge in [0.05, 0.1) is 11.0 Å². The van der Waals surface area contributed by atoms with Gasteiger partial charge in [-0.25, -0.2) is 8.42 Å². The van der Waals surface area contributed by atoms with E-state index in [0.29, 0.717) is 37.5 Å². The van der Waals surface area contributed by atoms with Crippen molar-refractivity contribution in [1.29, 1.82) is 5.26 Å². The first kappa shape index (κ1) is 21.6. The van der Waals surface area contributed by atoms with E-state index in [-0.39, 0.29) is 22.6 Å². The van der Waals surface area contributed by atoms with E-state index in [1.165, 1.54) is 9.87 Å². The van der Waals surface area contributed by atoms with Crippen LogP contribution in [0.3, 0.4) is 0 Å². The molecule has 0 saturated carbocycles. The Bertz CT molecular complexity index is 1290. The average molecular weight is 465 g/mol. The summed E-state index contributed by atoms with van der Waals surface area (Å²) in [5.74, 6) is 0.559. The molecule has 170 valence electrons. The number of hydrogen-bond donors (Lipinski definition) is 1. The third kappa shape index (κ3) is 4.37. The highest BCUT2D eigenvalue weighted by atomic mass is 32.2. The van der Waals surface area contributed by atoms with Gasteiger partial charge in [-0.15, -0.1) is 0 Å². The smallest absolute Gasteiger partial charge is 0.243 e. The van der Waals surface area contributed by atoms with Gasteiger partial charge in [0.1, 0.15) is 6.07 Å². The molecule has 0 radical (unpaired) electrons. The zero-order valence-electron chi connectivity index (χ0n) is 18.0. The molecular weight excluding hydrogens is 440 g/mol. The lowest BCUT2D eigenvalue weighted by molar-refractivity contribution is 0.120. The number of rotatable bonds is 6. The third-order valence-corrected chi connectivity index (χ3v) is 7.94. The molecule has 1 fully saturated rings. The number of fused-ring (bicyclic) bond motifs is 1. The van der Waals surface area contributed by atoms with Crippen LogP contribution in [0.1, 0.15) is 29.7 Å². The largest absolute Gasteiger partial charge is 0.419 e. The van der Waals surface area contributed by atoms with Gasteiger partial charge in [0.25, 0.3) is 0 Å². The first-order chi connectivity index (χ1) is 16.0. The molecule has 0 bridgehead atoms. The lowest BCUT2D eigenvalue weighted by atomic mass is 10.0. The first-order valence-corrected chi connectivity index (χ1v) is 12.4. The summed E-state index contributed by atoms with van der Waals surface area (Å²) in [6, 6.07) is 16.4.